The van der Waals surface area contributed by atoms with Crippen molar-refractivity contribution in [3.63, 3.8) is 0 Å². The highest BCUT2D eigenvalue weighted by Gasteiger charge is 2.55. The summed E-state index contributed by atoms with van der Waals surface area (Å²) in [7, 11) is 0. The molecule has 0 saturated carbocycles. The van der Waals surface area contributed by atoms with Crippen LogP contribution in [-0.4, -0.2) is 5.78 Å². The van der Waals surface area contributed by atoms with Crippen LogP contribution < -0.4 is 0 Å². The fraction of sp³-hybridized carbons (Fsp3) is 0.127. The van der Waals surface area contributed by atoms with Crippen LogP contribution >= 0.6 is 90.7 Å². The van der Waals surface area contributed by atoms with Gasteiger partial charge in [-0.15, -0.1) is 90.7 Å². The second kappa shape index (κ2) is 17.1. The molecule has 0 fully saturated rings. The third-order valence-electron chi connectivity index (χ3n) is 15.0. The lowest BCUT2D eigenvalue weighted by atomic mass is 9.74. The molecule has 0 unspecified atom stereocenters. The molecule has 3 nitrogen and oxygen atoms in total. The van der Waals surface area contributed by atoms with E-state index in [2.05, 4.69) is 144 Å². The van der Waals surface area contributed by atoms with Gasteiger partial charge in [0.25, 0.3) is 0 Å². The van der Waals surface area contributed by atoms with E-state index < -0.39 is 10.8 Å². The van der Waals surface area contributed by atoms with Crippen molar-refractivity contribution < 1.29 is 4.79 Å². The van der Waals surface area contributed by atoms with Gasteiger partial charge in [0.2, 0.25) is 0 Å². The average molecular weight is 1100 g/mol. The van der Waals surface area contributed by atoms with Gasteiger partial charge in [0.05, 0.1) is 20.2 Å². The van der Waals surface area contributed by atoms with Gasteiger partial charge in [0.15, 0.2) is 5.78 Å². The van der Waals surface area contributed by atoms with Crippen molar-refractivity contribution in [2.24, 2.45) is 0 Å². The first kappa shape index (κ1) is 46.2. The van der Waals surface area contributed by atoms with E-state index in [1.54, 1.807) is 17.4 Å². The molecule has 11 heteroatoms. The third-order valence-corrected chi connectivity index (χ3v) is 24.3. The minimum absolute atomic E-state index is 0.0410. The molecule has 0 saturated heterocycles. The largest absolute Gasteiger partial charge is 0.289 e. The number of hydrogen-bond acceptors (Lipinski definition) is 11. The standard InChI is InChI=1S/C63H40N2OS8/c1-32-10-22-48(67-32)37-15-19-43-46(28-37)62(50-24-11-33(2)68-50,51-25-12-34(3)69-51)55-58(43)73-61-56-59(74-60(55)61)44-20-16-38(29-47(44)63(56,52-26-13-35(4)70-52)53-27-14-36(5)71-53)49-23-18-40(72-49)17-21-45-54(39(30-64)31-65)41-8-6-7-9-42(41)57(45)66/h6-16,18-29H,17H2,1-5H3/b45-21-. The summed E-state index contributed by atoms with van der Waals surface area (Å²) < 4.78 is 2.78. The van der Waals surface area contributed by atoms with E-state index in [1.807, 2.05) is 116 Å². The Morgan fingerprint density at radius 3 is 1.38 bits per heavy atom. The van der Waals surface area contributed by atoms with Gasteiger partial charge in [0, 0.05) is 103 Å². The van der Waals surface area contributed by atoms with Crippen molar-refractivity contribution in [1.29, 1.82) is 10.5 Å². The Morgan fingerprint density at radius 1 is 0.486 bits per heavy atom. The molecule has 8 heterocycles. The Labute approximate surface area is 461 Å². The molecular weight excluding hydrogens is 1060 g/mol. The van der Waals surface area contributed by atoms with E-state index in [0.717, 1.165) is 15.3 Å². The Bertz CT molecular complexity index is 4270. The summed E-state index contributed by atoms with van der Waals surface area (Å²) in [5, 5.41) is 19.9. The number of thiophene rings is 8. The lowest BCUT2D eigenvalue weighted by Gasteiger charge is -2.31. The third kappa shape index (κ3) is 6.49. The summed E-state index contributed by atoms with van der Waals surface area (Å²) in [6.07, 6.45) is 2.41. The van der Waals surface area contributed by atoms with Crippen LogP contribution in [0.5, 0.6) is 0 Å². The van der Waals surface area contributed by atoms with Crippen LogP contribution in [0.2, 0.25) is 0 Å². The number of carbonyl (C=O) groups is 1. The SMILES string of the molecule is Cc1ccc(-c2ccc3c(c2)C(c2ccc(C)s2)(c2ccc(C)s2)c2c-3sc3c4c(sc23)-c2ccc(-c3ccc(C/C=C5\C(=O)c6ccccc6C5=C(C#N)C#N)s3)cc2C4(c2ccc(C)s2)c2ccc(C)s2)s1. The summed E-state index contributed by atoms with van der Waals surface area (Å²) >= 11 is 15.3. The first-order valence-electron chi connectivity index (χ1n) is 24.2. The van der Waals surface area contributed by atoms with Gasteiger partial charge in [-0.2, -0.15) is 10.5 Å². The van der Waals surface area contributed by atoms with Gasteiger partial charge >= 0.3 is 0 Å². The number of rotatable bonds is 8. The van der Waals surface area contributed by atoms with Crippen LogP contribution in [0, 0.1) is 57.3 Å². The topological polar surface area (TPSA) is 64.7 Å². The van der Waals surface area contributed by atoms with Crippen LogP contribution in [0.3, 0.4) is 0 Å². The van der Waals surface area contributed by atoms with Crippen LogP contribution in [0.1, 0.15) is 86.9 Å². The predicted octanol–water partition coefficient (Wildman–Crippen LogP) is 19.1. The van der Waals surface area contributed by atoms with E-state index in [4.69, 9.17) is 0 Å². The van der Waals surface area contributed by atoms with Crippen molar-refractivity contribution in [1.82, 2.24) is 0 Å². The highest BCUT2D eigenvalue weighted by Crippen LogP contribution is 2.70. The van der Waals surface area contributed by atoms with Crippen molar-refractivity contribution in [3.8, 4) is 53.9 Å². The molecule has 74 heavy (non-hydrogen) atoms. The molecule has 0 atom stereocenters. The van der Waals surface area contributed by atoms with Gasteiger partial charge in [-0.1, -0.05) is 54.6 Å². The molecule has 3 aliphatic carbocycles. The summed E-state index contributed by atoms with van der Waals surface area (Å²) in [5.41, 5.74) is 11.6. The number of fused-ring (bicyclic) bond motifs is 10. The summed E-state index contributed by atoms with van der Waals surface area (Å²) in [6, 6.07) is 53.6. The van der Waals surface area contributed by atoms with E-state index in [9.17, 15) is 15.3 Å². The minimum Gasteiger partial charge on any atom is -0.289 e. The number of allylic oxidation sites excluding steroid dienone is 4. The second-order valence-electron chi connectivity index (χ2n) is 19.3. The van der Waals surface area contributed by atoms with Gasteiger partial charge in [0.1, 0.15) is 17.7 Å². The molecule has 356 valence electrons. The van der Waals surface area contributed by atoms with Gasteiger partial charge in [-0.25, -0.2) is 0 Å². The zero-order valence-electron chi connectivity index (χ0n) is 40.6. The molecule has 0 aliphatic heterocycles. The first-order chi connectivity index (χ1) is 36.0. The molecule has 11 aromatic rings. The summed E-state index contributed by atoms with van der Waals surface area (Å²) in [6.45, 7) is 11.2. The van der Waals surface area contributed by atoms with E-state index in [1.165, 1.54) is 107 Å². The molecule has 0 bridgehead atoms. The molecule has 0 radical (unpaired) electrons. The number of carbonyl (C=O) groups excluding carboxylic acids is 1. The van der Waals surface area contributed by atoms with Crippen molar-refractivity contribution in [2.75, 3.05) is 0 Å². The number of Topliss-reactive ketones (excluding diaryl/α,β-unsaturated/α-hetero) is 1. The normalized spacial score (nSPS) is 15.1. The van der Waals surface area contributed by atoms with Crippen LogP contribution in [0.15, 0.2) is 151 Å². The zero-order chi connectivity index (χ0) is 50.4. The van der Waals surface area contributed by atoms with Crippen molar-refractivity contribution >= 4 is 111 Å². The molecular formula is C63H40N2OS8. The number of nitrogens with zero attached hydrogens (tertiary/aromatic N) is 2. The molecule has 0 N–H and O–H groups in total. The van der Waals surface area contributed by atoms with Crippen LogP contribution in [-0.2, 0) is 17.3 Å². The Hall–Kier alpha value is -6.35. The Morgan fingerprint density at radius 2 is 0.932 bits per heavy atom. The summed E-state index contributed by atoms with van der Waals surface area (Å²) in [5.74, 6) is -0.146. The first-order valence-corrected chi connectivity index (χ1v) is 30.8. The quantitative estimate of drug-likeness (QED) is 0.112. The summed E-state index contributed by atoms with van der Waals surface area (Å²) in [4.78, 5) is 32.0. The van der Waals surface area contributed by atoms with Crippen molar-refractivity contribution in [2.45, 2.75) is 51.9 Å². The molecule has 8 aromatic heterocycles. The average Bonchev–Trinajstić information content (AvgIpc) is 4.28. The van der Waals surface area contributed by atoms with Crippen molar-refractivity contribution in [3.05, 3.63) is 233 Å². The fourth-order valence-electron chi connectivity index (χ4n) is 11.8. The Kier molecular flexibility index (Phi) is 10.7. The van der Waals surface area contributed by atoms with Crippen LogP contribution in [0.4, 0.5) is 0 Å². The highest BCUT2D eigenvalue weighted by molar-refractivity contribution is 7.32. The molecule has 0 amide bonds. The second-order valence-corrected chi connectivity index (χ2v) is 28.9. The monoisotopic (exact) mass is 1100 g/mol. The molecule has 14 rings (SSSR count). The van der Waals surface area contributed by atoms with Gasteiger partial charge < -0.3 is 0 Å². The van der Waals surface area contributed by atoms with E-state index in [0.29, 0.717) is 28.7 Å². The maximum atomic E-state index is 13.8. The molecule has 0 spiro atoms. The molecule has 3 aliphatic rings. The number of benzene rings is 3. The predicted molar refractivity (Wildman–Crippen MR) is 317 cm³/mol. The Balaban J connectivity index is 0.975. The maximum Gasteiger partial charge on any atom is 0.194 e. The lowest BCUT2D eigenvalue weighted by Crippen LogP contribution is -2.27. The van der Waals surface area contributed by atoms with Gasteiger partial charge in [-0.3, -0.25) is 4.79 Å². The lowest BCUT2D eigenvalue weighted by molar-refractivity contribution is 0.104. The van der Waals surface area contributed by atoms with Crippen LogP contribution in [0.25, 0.3) is 56.7 Å². The van der Waals surface area contributed by atoms with E-state index in [-0.39, 0.29) is 11.4 Å². The number of hydrogen-bond donors (Lipinski definition) is 0. The fourth-order valence-corrected chi connectivity index (χ4v) is 21.3. The smallest absolute Gasteiger partial charge is 0.194 e. The number of ketones is 1. The number of nitriles is 2. The maximum absolute atomic E-state index is 13.8. The van der Waals surface area contributed by atoms with E-state index >= 15 is 0 Å². The molecule has 3 aromatic carbocycles. The highest BCUT2D eigenvalue weighted by atomic mass is 32.1. The van der Waals surface area contributed by atoms with Gasteiger partial charge in [-0.05, 0) is 158 Å². The minimum atomic E-state index is -0.551. The zero-order valence-corrected chi connectivity index (χ0v) is 47.1. The number of aryl methyl sites for hydroxylation is 5.